The molecule has 0 heterocycles. The predicted octanol–water partition coefficient (Wildman–Crippen LogP) is 7.42. The second-order valence-corrected chi connectivity index (χ2v) is 14.3. The van der Waals surface area contributed by atoms with E-state index in [1.165, 1.54) is 32.3 Å². The summed E-state index contributed by atoms with van der Waals surface area (Å²) in [5, 5.41) is 6.47. The Morgan fingerprint density at radius 1 is 0.882 bits per heavy atom. The Morgan fingerprint density at radius 3 is 2.09 bits per heavy atom. The minimum absolute atomic E-state index is 0.0950. The first-order valence-electron chi connectivity index (χ1n) is 12.2. The molecule has 0 amide bonds. The molecule has 4 aromatic rings. The summed E-state index contributed by atoms with van der Waals surface area (Å²) in [6, 6.07) is 30.0. The van der Waals surface area contributed by atoms with E-state index in [0.717, 1.165) is 12.8 Å². The fraction of sp³-hybridized carbons (Fsp3) is 0.258. The van der Waals surface area contributed by atoms with Crippen LogP contribution in [0.4, 0.5) is 0 Å². The molecule has 0 spiro atoms. The number of carbonyl (C=O) groups is 1. The van der Waals surface area contributed by atoms with E-state index in [1.54, 1.807) is 0 Å². The minimum atomic E-state index is -1.84. The van der Waals surface area contributed by atoms with Gasteiger partial charge in [-0.15, -0.1) is 0 Å². The van der Waals surface area contributed by atoms with Gasteiger partial charge in [-0.1, -0.05) is 109 Å². The van der Waals surface area contributed by atoms with Gasteiger partial charge in [-0.05, 0) is 58.5 Å². The number of benzene rings is 4. The van der Waals surface area contributed by atoms with Crippen molar-refractivity contribution < 1.29 is 9.53 Å². The molecule has 1 atom stereocenters. The molecule has 0 saturated carbocycles. The molecule has 0 radical (unpaired) electrons. The Kier molecular flexibility index (Phi) is 7.64. The predicted molar refractivity (Wildman–Crippen MR) is 147 cm³/mol. The average molecular weight is 467 g/mol. The van der Waals surface area contributed by atoms with E-state index in [1.807, 2.05) is 13.0 Å². The Balaban J connectivity index is 1.41. The van der Waals surface area contributed by atoms with Gasteiger partial charge in [0.05, 0.1) is 14.7 Å². The maximum absolute atomic E-state index is 12.8. The van der Waals surface area contributed by atoms with Gasteiger partial charge in [-0.3, -0.25) is 4.79 Å². The van der Waals surface area contributed by atoms with Crippen LogP contribution < -0.4 is 5.19 Å². The molecule has 2 nitrogen and oxygen atoms in total. The number of hydrogen-bond donors (Lipinski definition) is 0. The molecule has 0 fully saturated rings. The van der Waals surface area contributed by atoms with Gasteiger partial charge in [-0.2, -0.15) is 0 Å². The zero-order valence-corrected chi connectivity index (χ0v) is 21.5. The lowest BCUT2D eigenvalue weighted by Gasteiger charge is -2.30. The number of aryl methyl sites for hydroxylation is 1. The van der Waals surface area contributed by atoms with Crippen molar-refractivity contribution in [3.8, 4) is 0 Å². The smallest absolute Gasteiger partial charge is 0.306 e. The maximum Gasteiger partial charge on any atom is 0.306 e. The number of hydrogen-bond acceptors (Lipinski definition) is 2. The highest BCUT2D eigenvalue weighted by atomic mass is 28.3. The number of carbonyl (C=O) groups excluding carboxylic acids is 1. The third kappa shape index (κ3) is 5.31. The van der Waals surface area contributed by atoms with Crippen molar-refractivity contribution in [1.82, 2.24) is 0 Å². The normalized spacial score (nSPS) is 12.9. The third-order valence-corrected chi connectivity index (χ3v) is 11.0. The summed E-state index contributed by atoms with van der Waals surface area (Å²) in [5.74, 6) is -0.0950. The Labute approximate surface area is 204 Å². The number of ether oxygens (including phenoxy) is 1. The molecule has 0 aliphatic rings. The molecule has 174 valence electrons. The molecule has 0 saturated heterocycles. The van der Waals surface area contributed by atoms with Crippen molar-refractivity contribution in [2.75, 3.05) is 6.61 Å². The zero-order valence-electron chi connectivity index (χ0n) is 20.5. The van der Waals surface area contributed by atoms with Crippen LogP contribution in [0.2, 0.25) is 18.6 Å². The van der Waals surface area contributed by atoms with Gasteiger partial charge in [-0.25, -0.2) is 0 Å². The SMILES string of the molecule is C/C=C/[C@@H](CC(=O)OCCCc1c2ccccc2cc2ccccc12)[Si](C)(C)c1ccccc1. The van der Waals surface area contributed by atoms with Crippen molar-refractivity contribution in [3.63, 3.8) is 0 Å². The van der Waals surface area contributed by atoms with Crippen LogP contribution in [0.5, 0.6) is 0 Å². The van der Waals surface area contributed by atoms with Gasteiger partial charge in [0.25, 0.3) is 0 Å². The summed E-state index contributed by atoms with van der Waals surface area (Å²) >= 11 is 0. The monoisotopic (exact) mass is 466 g/mol. The van der Waals surface area contributed by atoms with E-state index in [9.17, 15) is 4.79 Å². The number of esters is 1. The minimum Gasteiger partial charge on any atom is -0.466 e. The lowest BCUT2D eigenvalue weighted by atomic mass is 9.94. The molecule has 0 aliphatic carbocycles. The summed E-state index contributed by atoms with van der Waals surface area (Å²) in [5.41, 5.74) is 1.56. The molecule has 0 bridgehead atoms. The molecule has 4 rings (SSSR count). The first-order valence-corrected chi connectivity index (χ1v) is 15.3. The van der Waals surface area contributed by atoms with Crippen LogP contribution in [-0.2, 0) is 16.0 Å². The van der Waals surface area contributed by atoms with Crippen molar-refractivity contribution in [2.24, 2.45) is 0 Å². The van der Waals surface area contributed by atoms with Gasteiger partial charge in [0.2, 0.25) is 0 Å². The molecule has 34 heavy (non-hydrogen) atoms. The highest BCUT2D eigenvalue weighted by Crippen LogP contribution is 2.30. The highest BCUT2D eigenvalue weighted by Gasteiger charge is 2.33. The van der Waals surface area contributed by atoms with Gasteiger partial charge in [0.15, 0.2) is 0 Å². The van der Waals surface area contributed by atoms with Crippen LogP contribution in [0.15, 0.2) is 97.1 Å². The second kappa shape index (κ2) is 10.8. The summed E-state index contributed by atoms with van der Waals surface area (Å²) in [6.07, 6.45) is 6.41. The molecule has 0 unspecified atom stereocenters. The molecule has 0 aromatic heterocycles. The largest absolute Gasteiger partial charge is 0.466 e. The fourth-order valence-corrected chi connectivity index (χ4v) is 7.76. The quantitative estimate of drug-likeness (QED) is 0.0843. The topological polar surface area (TPSA) is 26.3 Å². The van der Waals surface area contributed by atoms with Gasteiger partial charge >= 0.3 is 5.97 Å². The molecule has 4 aromatic carbocycles. The van der Waals surface area contributed by atoms with E-state index in [0.29, 0.717) is 13.0 Å². The summed E-state index contributed by atoms with van der Waals surface area (Å²) < 4.78 is 5.75. The first kappa shape index (κ1) is 24.0. The number of allylic oxidation sites excluding steroid dienone is 2. The van der Waals surface area contributed by atoms with Crippen molar-refractivity contribution in [3.05, 3.63) is 103 Å². The zero-order chi connectivity index (χ0) is 24.0. The van der Waals surface area contributed by atoms with Gasteiger partial charge in [0, 0.05) is 6.42 Å². The van der Waals surface area contributed by atoms with Crippen molar-refractivity contribution >= 4 is 40.8 Å². The van der Waals surface area contributed by atoms with Gasteiger partial charge < -0.3 is 4.74 Å². The summed E-state index contributed by atoms with van der Waals surface area (Å²) in [6.45, 7) is 7.16. The van der Waals surface area contributed by atoms with E-state index >= 15 is 0 Å². The Morgan fingerprint density at radius 2 is 1.47 bits per heavy atom. The lowest BCUT2D eigenvalue weighted by molar-refractivity contribution is -0.143. The highest BCUT2D eigenvalue weighted by molar-refractivity contribution is 6.91. The van der Waals surface area contributed by atoms with Crippen molar-refractivity contribution in [1.29, 1.82) is 0 Å². The fourth-order valence-electron chi connectivity index (χ4n) is 4.93. The summed E-state index contributed by atoms with van der Waals surface area (Å²) in [7, 11) is -1.84. The Bertz CT molecular complexity index is 1240. The van der Waals surface area contributed by atoms with Gasteiger partial charge in [0.1, 0.15) is 0 Å². The average Bonchev–Trinajstić information content (AvgIpc) is 2.86. The summed E-state index contributed by atoms with van der Waals surface area (Å²) in [4.78, 5) is 12.8. The molecular weight excluding hydrogens is 432 g/mol. The molecular formula is C31H34O2Si. The van der Waals surface area contributed by atoms with Crippen LogP contribution in [0.25, 0.3) is 21.5 Å². The van der Waals surface area contributed by atoms with E-state index in [-0.39, 0.29) is 11.5 Å². The van der Waals surface area contributed by atoms with Crippen LogP contribution in [-0.4, -0.2) is 20.7 Å². The molecule has 3 heteroatoms. The molecule has 0 aliphatic heterocycles. The number of fused-ring (bicyclic) bond motifs is 2. The third-order valence-electron chi connectivity index (χ3n) is 6.97. The lowest BCUT2D eigenvalue weighted by Crippen LogP contribution is -2.46. The van der Waals surface area contributed by atoms with Crippen molar-refractivity contribution in [2.45, 2.75) is 44.8 Å². The van der Waals surface area contributed by atoms with E-state index in [4.69, 9.17) is 4.74 Å². The van der Waals surface area contributed by atoms with E-state index in [2.05, 4.69) is 104 Å². The first-order chi connectivity index (χ1) is 16.5. The van der Waals surface area contributed by atoms with Crippen LogP contribution in [0, 0.1) is 0 Å². The second-order valence-electron chi connectivity index (χ2n) is 9.55. The maximum atomic E-state index is 12.8. The standard InChI is InChI=1S/C31H34O2Si/c1-4-13-27(34(2,3)26-16-6-5-7-17-26)23-31(32)33-21-12-20-30-28-18-10-8-14-24(28)22-25-15-9-11-19-29(25)30/h4-11,13-19,22,27H,12,20-21,23H2,1-3H3/b13-4+/t27-/m0/s1. The number of rotatable bonds is 9. The molecule has 0 N–H and O–H groups in total. The van der Waals surface area contributed by atoms with Crippen LogP contribution >= 0.6 is 0 Å². The van der Waals surface area contributed by atoms with Crippen LogP contribution in [0.3, 0.4) is 0 Å². The van der Waals surface area contributed by atoms with E-state index < -0.39 is 8.07 Å². The Hall–Kier alpha value is -3.17. The van der Waals surface area contributed by atoms with Crippen LogP contribution in [0.1, 0.15) is 25.3 Å².